The zero-order valence-electron chi connectivity index (χ0n) is 12.6. The second kappa shape index (κ2) is 6.99. The SMILES string of the molecule is COc1ccc(NC(C)c2cccc(CO)c2)cc1OC. The van der Waals surface area contributed by atoms with E-state index in [1.54, 1.807) is 14.2 Å². The number of hydrogen-bond donors (Lipinski definition) is 2. The van der Waals surface area contributed by atoms with Crippen LogP contribution in [-0.2, 0) is 6.61 Å². The Bertz CT molecular complexity index is 598. The van der Waals surface area contributed by atoms with Crippen molar-refractivity contribution in [1.82, 2.24) is 0 Å². The Labute approximate surface area is 125 Å². The van der Waals surface area contributed by atoms with E-state index in [0.717, 1.165) is 16.8 Å². The van der Waals surface area contributed by atoms with Crippen LogP contribution in [0.1, 0.15) is 24.1 Å². The van der Waals surface area contributed by atoms with Crippen LogP contribution in [0.3, 0.4) is 0 Å². The van der Waals surface area contributed by atoms with E-state index in [-0.39, 0.29) is 12.6 Å². The van der Waals surface area contributed by atoms with E-state index in [9.17, 15) is 5.11 Å². The smallest absolute Gasteiger partial charge is 0.162 e. The lowest BCUT2D eigenvalue weighted by Gasteiger charge is -2.18. The van der Waals surface area contributed by atoms with Crippen LogP contribution in [-0.4, -0.2) is 19.3 Å². The summed E-state index contributed by atoms with van der Waals surface area (Å²) in [4.78, 5) is 0. The van der Waals surface area contributed by atoms with Gasteiger partial charge in [0.05, 0.1) is 20.8 Å². The molecule has 0 amide bonds. The van der Waals surface area contributed by atoms with Gasteiger partial charge < -0.3 is 19.9 Å². The summed E-state index contributed by atoms with van der Waals surface area (Å²) in [6, 6.07) is 13.8. The fourth-order valence-corrected chi connectivity index (χ4v) is 2.22. The van der Waals surface area contributed by atoms with E-state index in [2.05, 4.69) is 12.2 Å². The van der Waals surface area contributed by atoms with Crippen LogP contribution >= 0.6 is 0 Å². The van der Waals surface area contributed by atoms with E-state index in [1.807, 2.05) is 42.5 Å². The summed E-state index contributed by atoms with van der Waals surface area (Å²) < 4.78 is 10.5. The normalized spacial score (nSPS) is 11.8. The topological polar surface area (TPSA) is 50.7 Å². The number of hydrogen-bond acceptors (Lipinski definition) is 4. The third-order valence-corrected chi connectivity index (χ3v) is 3.40. The van der Waals surface area contributed by atoms with Gasteiger partial charge in [-0.3, -0.25) is 0 Å². The van der Waals surface area contributed by atoms with E-state index < -0.39 is 0 Å². The van der Waals surface area contributed by atoms with Crippen molar-refractivity contribution in [3.8, 4) is 11.5 Å². The number of benzene rings is 2. The van der Waals surface area contributed by atoms with Crippen molar-refractivity contribution in [3.05, 3.63) is 53.6 Å². The van der Waals surface area contributed by atoms with E-state index >= 15 is 0 Å². The molecule has 0 bridgehead atoms. The minimum Gasteiger partial charge on any atom is -0.493 e. The molecule has 0 fully saturated rings. The molecule has 0 aliphatic heterocycles. The molecule has 2 aromatic carbocycles. The molecule has 0 aliphatic rings. The first-order chi connectivity index (χ1) is 10.2. The van der Waals surface area contributed by atoms with Crippen molar-refractivity contribution in [2.45, 2.75) is 19.6 Å². The van der Waals surface area contributed by atoms with Crippen molar-refractivity contribution < 1.29 is 14.6 Å². The molecule has 0 saturated heterocycles. The third-order valence-electron chi connectivity index (χ3n) is 3.40. The van der Waals surface area contributed by atoms with Gasteiger partial charge in [0.1, 0.15) is 0 Å². The molecule has 0 aromatic heterocycles. The van der Waals surface area contributed by atoms with Crippen LogP contribution in [0.4, 0.5) is 5.69 Å². The summed E-state index contributed by atoms with van der Waals surface area (Å²) in [7, 11) is 3.24. The lowest BCUT2D eigenvalue weighted by molar-refractivity contribution is 0.281. The van der Waals surface area contributed by atoms with Crippen LogP contribution in [0, 0.1) is 0 Å². The van der Waals surface area contributed by atoms with Gasteiger partial charge in [0.2, 0.25) is 0 Å². The second-order valence-corrected chi connectivity index (χ2v) is 4.84. The van der Waals surface area contributed by atoms with Gasteiger partial charge in [-0.25, -0.2) is 0 Å². The van der Waals surface area contributed by atoms with E-state index in [4.69, 9.17) is 9.47 Å². The molecule has 1 atom stereocenters. The Kier molecular flexibility index (Phi) is 5.06. The Morgan fingerprint density at radius 3 is 2.48 bits per heavy atom. The van der Waals surface area contributed by atoms with Crippen LogP contribution in [0.2, 0.25) is 0 Å². The van der Waals surface area contributed by atoms with E-state index in [0.29, 0.717) is 11.5 Å². The van der Waals surface area contributed by atoms with Gasteiger partial charge in [-0.15, -0.1) is 0 Å². The number of methoxy groups -OCH3 is 2. The van der Waals surface area contributed by atoms with Gasteiger partial charge >= 0.3 is 0 Å². The molecule has 1 unspecified atom stereocenters. The molecule has 0 aliphatic carbocycles. The van der Waals surface area contributed by atoms with Gasteiger partial charge in [-0.2, -0.15) is 0 Å². The predicted molar refractivity (Wildman–Crippen MR) is 83.9 cm³/mol. The van der Waals surface area contributed by atoms with Gasteiger partial charge in [-0.05, 0) is 30.2 Å². The Morgan fingerprint density at radius 1 is 1.05 bits per heavy atom. The molecule has 0 heterocycles. The first kappa shape index (κ1) is 15.2. The van der Waals surface area contributed by atoms with Crippen molar-refractivity contribution in [2.24, 2.45) is 0 Å². The largest absolute Gasteiger partial charge is 0.493 e. The highest BCUT2D eigenvalue weighted by Gasteiger charge is 2.09. The lowest BCUT2D eigenvalue weighted by atomic mass is 10.1. The zero-order chi connectivity index (χ0) is 15.2. The molecule has 2 aromatic rings. The summed E-state index contributed by atoms with van der Waals surface area (Å²) in [6.07, 6.45) is 0. The minimum atomic E-state index is 0.0525. The maximum atomic E-state index is 9.21. The number of ether oxygens (including phenoxy) is 2. The molecule has 2 rings (SSSR count). The van der Waals surface area contributed by atoms with Crippen molar-refractivity contribution >= 4 is 5.69 Å². The third kappa shape index (κ3) is 3.67. The van der Waals surface area contributed by atoms with Crippen LogP contribution < -0.4 is 14.8 Å². The molecule has 0 radical (unpaired) electrons. The first-order valence-electron chi connectivity index (χ1n) is 6.86. The predicted octanol–water partition coefficient (Wildman–Crippen LogP) is 3.37. The number of anilines is 1. The standard InChI is InChI=1S/C17H21NO3/c1-12(14-6-4-5-13(9-14)11-19)18-15-7-8-16(20-2)17(10-15)21-3/h4-10,12,18-19H,11H2,1-3H3. The van der Waals surface area contributed by atoms with Crippen LogP contribution in [0.5, 0.6) is 11.5 Å². The number of aliphatic hydroxyl groups is 1. The maximum Gasteiger partial charge on any atom is 0.162 e. The van der Waals surface area contributed by atoms with Crippen LogP contribution in [0.25, 0.3) is 0 Å². The zero-order valence-corrected chi connectivity index (χ0v) is 12.6. The molecular weight excluding hydrogens is 266 g/mol. The van der Waals surface area contributed by atoms with Crippen molar-refractivity contribution in [2.75, 3.05) is 19.5 Å². The maximum absolute atomic E-state index is 9.21. The van der Waals surface area contributed by atoms with Crippen molar-refractivity contribution in [3.63, 3.8) is 0 Å². The van der Waals surface area contributed by atoms with Crippen LogP contribution in [0.15, 0.2) is 42.5 Å². The highest BCUT2D eigenvalue weighted by Crippen LogP contribution is 2.31. The highest BCUT2D eigenvalue weighted by atomic mass is 16.5. The molecule has 112 valence electrons. The average molecular weight is 287 g/mol. The summed E-state index contributed by atoms with van der Waals surface area (Å²) in [6.45, 7) is 2.13. The Balaban J connectivity index is 2.16. The second-order valence-electron chi connectivity index (χ2n) is 4.84. The molecule has 4 nitrogen and oxygen atoms in total. The monoisotopic (exact) mass is 287 g/mol. The van der Waals surface area contributed by atoms with Gasteiger partial charge in [0, 0.05) is 17.8 Å². The van der Waals surface area contributed by atoms with E-state index in [1.165, 1.54) is 0 Å². The lowest BCUT2D eigenvalue weighted by Crippen LogP contribution is -2.07. The molecule has 0 saturated carbocycles. The fraction of sp³-hybridized carbons (Fsp3) is 0.294. The molecule has 21 heavy (non-hydrogen) atoms. The first-order valence-corrected chi connectivity index (χ1v) is 6.86. The van der Waals surface area contributed by atoms with Crippen molar-refractivity contribution in [1.29, 1.82) is 0 Å². The highest BCUT2D eigenvalue weighted by molar-refractivity contribution is 5.55. The molecule has 0 spiro atoms. The summed E-state index contributed by atoms with van der Waals surface area (Å²) in [5.41, 5.74) is 2.99. The number of nitrogens with one attached hydrogen (secondary N) is 1. The molecule has 2 N–H and O–H groups in total. The summed E-state index contributed by atoms with van der Waals surface area (Å²) >= 11 is 0. The fourth-order valence-electron chi connectivity index (χ4n) is 2.22. The Hall–Kier alpha value is -2.20. The van der Waals surface area contributed by atoms with Gasteiger partial charge in [0.15, 0.2) is 11.5 Å². The molecule has 4 heteroatoms. The number of rotatable bonds is 6. The number of aliphatic hydroxyl groups excluding tert-OH is 1. The molecular formula is C17H21NO3. The minimum absolute atomic E-state index is 0.0525. The van der Waals surface area contributed by atoms with Gasteiger partial charge in [-0.1, -0.05) is 24.3 Å². The summed E-state index contributed by atoms with van der Waals surface area (Å²) in [5.74, 6) is 1.40. The quantitative estimate of drug-likeness (QED) is 0.855. The Morgan fingerprint density at radius 2 is 1.81 bits per heavy atom. The van der Waals surface area contributed by atoms with Gasteiger partial charge in [0.25, 0.3) is 0 Å². The average Bonchev–Trinajstić information content (AvgIpc) is 2.54. The summed E-state index contributed by atoms with van der Waals surface area (Å²) in [5, 5.41) is 12.6.